The smallest absolute Gasteiger partial charge is 0.305 e. The molecule has 0 aromatic heterocycles. The summed E-state index contributed by atoms with van der Waals surface area (Å²) in [7, 11) is 0. The molecule has 0 aliphatic rings. The molecule has 112 heavy (non-hydrogen) atoms. The van der Waals surface area contributed by atoms with Gasteiger partial charge < -0.3 is 38.1 Å². The minimum atomic E-state index is -0.0254. The molecule has 0 rings (SSSR count). The third-order valence-electron chi connectivity index (χ3n) is 24.0. The molecule has 0 heterocycles. The van der Waals surface area contributed by atoms with Crippen LogP contribution in [0, 0.1) is 29.6 Å². The largest absolute Gasteiger partial charge is 0.465 e. The Balaban J connectivity index is 5.32. The van der Waals surface area contributed by atoms with Gasteiger partial charge in [0.25, 0.3) is 0 Å². The molecular weight excluding hydrogens is 1390 g/mol. The van der Waals surface area contributed by atoms with Crippen LogP contribution in [0.15, 0.2) is 0 Å². The van der Waals surface area contributed by atoms with E-state index >= 15 is 0 Å². The standard InChI is InChI=1S/C100H195NO11/c1-9-17-25-33-37-49-71-93(67-45-29-21-13-5)88-109-97(102)75-55-41-53-64-92(65-54-42-56-76-98(103)110-89-94(68-46-30-22-14-6)72-50-38-34-26-18-10-2)66-59-62-82-106-84-86-108-87-85-107-83-63-81-101(79-60-43-57-77-99(104)111-90-95(69-47-31-23-15-7)73-51-39-35-27-19-11-3)80-61-44-58-78-100(105)112-91-96(70-48-32-24-16-8)74-52-40-36-28-20-12-4/h92-96H,9-91H2,1-8H3. The van der Waals surface area contributed by atoms with Crippen LogP contribution < -0.4 is 0 Å². The molecule has 0 radical (unpaired) electrons. The van der Waals surface area contributed by atoms with Crippen LogP contribution in [0.3, 0.4) is 0 Å². The minimum absolute atomic E-state index is 0.00844. The molecule has 12 nitrogen and oxygen atoms in total. The first kappa shape index (κ1) is 110. The van der Waals surface area contributed by atoms with Crippen LogP contribution in [0.2, 0.25) is 0 Å². The number of esters is 4. The van der Waals surface area contributed by atoms with Crippen LogP contribution in [0.4, 0.5) is 0 Å². The van der Waals surface area contributed by atoms with E-state index in [4.69, 9.17) is 33.2 Å². The number of unbranched alkanes of at least 4 members (excludes halogenated alkanes) is 41. The summed E-state index contributed by atoms with van der Waals surface area (Å²) >= 11 is 0. The summed E-state index contributed by atoms with van der Waals surface area (Å²) < 4.78 is 42.0. The molecule has 0 aliphatic heterocycles. The maximum absolute atomic E-state index is 13.1. The molecule has 0 aromatic carbocycles. The van der Waals surface area contributed by atoms with Crippen LogP contribution in [-0.4, -0.2) is 114 Å². The first-order valence-corrected chi connectivity index (χ1v) is 50.2. The van der Waals surface area contributed by atoms with Crippen molar-refractivity contribution in [3.8, 4) is 0 Å². The fourth-order valence-corrected chi connectivity index (χ4v) is 16.3. The number of nitrogens with zero attached hydrogens (tertiary/aromatic N) is 1. The second-order valence-electron chi connectivity index (χ2n) is 35.0. The van der Waals surface area contributed by atoms with E-state index in [2.05, 4.69) is 60.3 Å². The Kier molecular flexibility index (Phi) is 89.2. The molecule has 0 fully saturated rings. The molecule has 0 aromatic rings. The van der Waals surface area contributed by atoms with Crippen molar-refractivity contribution in [2.24, 2.45) is 29.6 Å². The van der Waals surface area contributed by atoms with Crippen molar-refractivity contribution < 1.29 is 52.3 Å². The Morgan fingerprint density at radius 2 is 0.366 bits per heavy atom. The fraction of sp³-hybridized carbons (Fsp3) is 0.960. The summed E-state index contributed by atoms with van der Waals surface area (Å²) in [5.41, 5.74) is 0. The zero-order valence-corrected chi connectivity index (χ0v) is 76.5. The van der Waals surface area contributed by atoms with Crippen molar-refractivity contribution in [3.63, 3.8) is 0 Å². The van der Waals surface area contributed by atoms with Gasteiger partial charge >= 0.3 is 23.9 Å². The molecular formula is C100H195NO11. The highest BCUT2D eigenvalue weighted by Gasteiger charge is 2.19. The van der Waals surface area contributed by atoms with E-state index in [9.17, 15) is 19.2 Å². The number of ether oxygens (including phenoxy) is 7. The van der Waals surface area contributed by atoms with Gasteiger partial charge in [-0.25, -0.2) is 0 Å². The Morgan fingerprint density at radius 1 is 0.188 bits per heavy atom. The Morgan fingerprint density at radius 3 is 0.625 bits per heavy atom. The van der Waals surface area contributed by atoms with Gasteiger partial charge in [0.1, 0.15) is 0 Å². The third-order valence-corrected chi connectivity index (χ3v) is 24.0. The average Bonchev–Trinajstić information content (AvgIpc) is 1.00. The Bertz CT molecular complexity index is 1660. The average molecular weight is 1590 g/mol. The highest BCUT2D eigenvalue weighted by molar-refractivity contribution is 5.70. The van der Waals surface area contributed by atoms with E-state index in [1.54, 1.807) is 0 Å². The number of carbonyl (C=O) groups excluding carboxylic acids is 4. The molecule has 0 bridgehead atoms. The molecule has 0 spiro atoms. The molecule has 666 valence electrons. The quantitative estimate of drug-likeness (QED) is 0.0326. The van der Waals surface area contributed by atoms with E-state index in [1.165, 1.54) is 327 Å². The molecule has 0 saturated carbocycles. The zero-order chi connectivity index (χ0) is 81.4. The van der Waals surface area contributed by atoms with E-state index in [0.29, 0.717) is 115 Å². The third kappa shape index (κ3) is 81.5. The van der Waals surface area contributed by atoms with Gasteiger partial charge in [0.15, 0.2) is 0 Å². The second-order valence-corrected chi connectivity index (χ2v) is 35.0. The lowest BCUT2D eigenvalue weighted by Crippen LogP contribution is -2.28. The van der Waals surface area contributed by atoms with Gasteiger partial charge in [0, 0.05) is 45.4 Å². The van der Waals surface area contributed by atoms with E-state index in [-0.39, 0.29) is 23.9 Å². The monoisotopic (exact) mass is 1590 g/mol. The normalized spacial score (nSPS) is 13.1. The molecule has 12 heteroatoms. The number of carbonyl (C=O) groups is 4. The van der Waals surface area contributed by atoms with Gasteiger partial charge in [0.05, 0.1) is 52.9 Å². The van der Waals surface area contributed by atoms with E-state index in [0.717, 1.165) is 123 Å². The SMILES string of the molecule is CCCCCCCCC(CCCCCC)COC(=O)CCCCCC(CCCCCC(=O)OCC(CCCCCC)CCCCCCCC)CCCCOCCOCCOCCCN(CCCCCC(=O)OCC(CCCCCC)CCCCCCCC)CCCCCC(=O)OCC(CCCCCC)CCCCCCCC. The molecule has 0 N–H and O–H groups in total. The second kappa shape index (κ2) is 91.0. The van der Waals surface area contributed by atoms with Crippen molar-refractivity contribution in [1.29, 1.82) is 0 Å². The molecule has 4 atom stereocenters. The number of rotatable bonds is 95. The topological polar surface area (TPSA) is 136 Å². The van der Waals surface area contributed by atoms with E-state index in [1.807, 2.05) is 0 Å². The zero-order valence-electron chi connectivity index (χ0n) is 76.5. The summed E-state index contributed by atoms with van der Waals surface area (Å²) in [5, 5.41) is 0. The van der Waals surface area contributed by atoms with Crippen LogP contribution in [-0.2, 0) is 52.3 Å². The summed E-state index contributed by atoms with van der Waals surface area (Å²) in [6, 6.07) is 0. The van der Waals surface area contributed by atoms with Crippen molar-refractivity contribution >= 4 is 23.9 Å². The maximum Gasteiger partial charge on any atom is 0.305 e. The van der Waals surface area contributed by atoms with Gasteiger partial charge in [-0.2, -0.15) is 0 Å². The molecule has 0 aliphatic carbocycles. The summed E-state index contributed by atoms with van der Waals surface area (Å²) in [5.74, 6) is 2.55. The molecule has 0 saturated heterocycles. The van der Waals surface area contributed by atoms with Crippen molar-refractivity contribution in [2.45, 2.75) is 505 Å². The van der Waals surface area contributed by atoms with Crippen LogP contribution in [0.1, 0.15) is 505 Å². The fourth-order valence-electron chi connectivity index (χ4n) is 16.3. The lowest BCUT2D eigenvalue weighted by atomic mass is 9.90. The van der Waals surface area contributed by atoms with Crippen LogP contribution >= 0.6 is 0 Å². The first-order chi connectivity index (χ1) is 55.1. The Hall–Kier alpha value is -2.28. The van der Waals surface area contributed by atoms with Gasteiger partial charge in [-0.05, 0) is 145 Å². The number of hydrogen-bond acceptors (Lipinski definition) is 12. The van der Waals surface area contributed by atoms with Crippen molar-refractivity contribution in [1.82, 2.24) is 4.90 Å². The van der Waals surface area contributed by atoms with Crippen molar-refractivity contribution in [3.05, 3.63) is 0 Å². The molecule has 4 unspecified atom stereocenters. The highest BCUT2D eigenvalue weighted by atomic mass is 16.6. The summed E-state index contributed by atoms with van der Waals surface area (Å²) in [4.78, 5) is 54.8. The van der Waals surface area contributed by atoms with E-state index < -0.39 is 0 Å². The lowest BCUT2D eigenvalue weighted by molar-refractivity contribution is -0.146. The number of hydrogen-bond donors (Lipinski definition) is 0. The first-order valence-electron chi connectivity index (χ1n) is 50.2. The summed E-state index contributed by atoms with van der Waals surface area (Å²) in [6.45, 7) is 27.2. The van der Waals surface area contributed by atoms with Crippen LogP contribution in [0.5, 0.6) is 0 Å². The van der Waals surface area contributed by atoms with Crippen molar-refractivity contribution in [2.75, 3.05) is 85.7 Å². The van der Waals surface area contributed by atoms with Gasteiger partial charge in [0.2, 0.25) is 0 Å². The Labute approximate surface area is 697 Å². The highest BCUT2D eigenvalue weighted by Crippen LogP contribution is 2.28. The minimum Gasteiger partial charge on any atom is -0.465 e. The predicted molar refractivity (Wildman–Crippen MR) is 479 cm³/mol. The van der Waals surface area contributed by atoms with Gasteiger partial charge in [-0.1, -0.05) is 376 Å². The predicted octanol–water partition coefficient (Wildman–Crippen LogP) is 30.1. The lowest BCUT2D eigenvalue weighted by Gasteiger charge is -2.22. The van der Waals surface area contributed by atoms with Gasteiger partial charge in [-0.3, -0.25) is 19.2 Å². The molecule has 0 amide bonds. The summed E-state index contributed by atoms with van der Waals surface area (Å²) in [6.07, 6.45) is 81.8. The van der Waals surface area contributed by atoms with Crippen LogP contribution in [0.25, 0.3) is 0 Å². The maximum atomic E-state index is 13.1. The van der Waals surface area contributed by atoms with Gasteiger partial charge in [-0.15, -0.1) is 0 Å².